The van der Waals surface area contributed by atoms with Crippen LogP contribution in [-0.2, 0) is 9.59 Å². The van der Waals surface area contributed by atoms with Crippen molar-refractivity contribution in [2.24, 2.45) is 0 Å². The van der Waals surface area contributed by atoms with Gasteiger partial charge in [-0.05, 0) is 38.6 Å². The van der Waals surface area contributed by atoms with Gasteiger partial charge in [-0.15, -0.1) is 0 Å². The van der Waals surface area contributed by atoms with Crippen LogP contribution in [0.25, 0.3) is 0 Å². The Labute approximate surface area is 108 Å². The number of rotatable bonds is 9. The molecule has 0 aromatic heterocycles. The van der Waals surface area contributed by atoms with E-state index in [0.717, 1.165) is 38.6 Å². The summed E-state index contributed by atoms with van der Waals surface area (Å²) in [6.45, 7) is 1.50. The highest BCUT2D eigenvalue weighted by Gasteiger charge is 2.23. The van der Waals surface area contributed by atoms with Crippen LogP contribution in [0.5, 0.6) is 0 Å². The van der Waals surface area contributed by atoms with Crippen molar-refractivity contribution in [2.45, 2.75) is 57.0 Å². The van der Waals surface area contributed by atoms with Crippen LogP contribution >= 0.6 is 0 Å². The van der Waals surface area contributed by atoms with Gasteiger partial charge in [0.2, 0.25) is 11.8 Å². The van der Waals surface area contributed by atoms with Gasteiger partial charge in [-0.2, -0.15) is 0 Å². The van der Waals surface area contributed by atoms with E-state index in [1.165, 1.54) is 0 Å². The zero-order valence-corrected chi connectivity index (χ0v) is 10.8. The van der Waals surface area contributed by atoms with Crippen molar-refractivity contribution in [1.29, 1.82) is 0 Å². The summed E-state index contributed by atoms with van der Waals surface area (Å²) in [4.78, 5) is 22.7. The maximum Gasteiger partial charge on any atom is 0.221 e. The second-order valence-electron chi connectivity index (χ2n) is 5.29. The highest BCUT2D eigenvalue weighted by molar-refractivity contribution is 5.77. The molecule has 0 spiro atoms. The zero-order valence-electron chi connectivity index (χ0n) is 10.8. The minimum atomic E-state index is 0.136. The van der Waals surface area contributed by atoms with Crippen molar-refractivity contribution in [2.75, 3.05) is 13.1 Å². The smallest absolute Gasteiger partial charge is 0.221 e. The van der Waals surface area contributed by atoms with Crippen molar-refractivity contribution < 1.29 is 9.59 Å². The fourth-order valence-corrected chi connectivity index (χ4v) is 1.76. The molecule has 3 N–H and O–H groups in total. The second-order valence-corrected chi connectivity index (χ2v) is 5.29. The summed E-state index contributed by atoms with van der Waals surface area (Å²) in [6, 6.07) is 0.903. The predicted molar refractivity (Wildman–Crippen MR) is 69.1 cm³/mol. The van der Waals surface area contributed by atoms with Gasteiger partial charge in [0, 0.05) is 31.5 Å². The molecule has 0 aliphatic heterocycles. The van der Waals surface area contributed by atoms with E-state index < -0.39 is 0 Å². The van der Waals surface area contributed by atoms with Gasteiger partial charge < -0.3 is 16.0 Å². The fraction of sp³-hybridized carbons (Fsp3) is 0.846. The molecule has 0 saturated heterocycles. The number of carbonyl (C=O) groups excluding carboxylic acids is 2. The molecule has 0 atom stereocenters. The number of amides is 2. The minimum Gasteiger partial charge on any atom is -0.353 e. The summed E-state index contributed by atoms with van der Waals surface area (Å²) in [5.41, 5.74) is 0. The molecule has 2 aliphatic rings. The molecule has 102 valence electrons. The van der Waals surface area contributed by atoms with Crippen LogP contribution in [-0.4, -0.2) is 37.0 Å². The van der Waals surface area contributed by atoms with Crippen molar-refractivity contribution in [3.8, 4) is 0 Å². The fourth-order valence-electron chi connectivity index (χ4n) is 1.76. The van der Waals surface area contributed by atoms with E-state index in [2.05, 4.69) is 16.0 Å². The maximum atomic E-state index is 11.4. The lowest BCUT2D eigenvalue weighted by molar-refractivity contribution is -0.122. The lowest BCUT2D eigenvalue weighted by Gasteiger charge is -2.06. The Morgan fingerprint density at radius 2 is 1.39 bits per heavy atom. The molecule has 0 heterocycles. The van der Waals surface area contributed by atoms with E-state index in [9.17, 15) is 9.59 Å². The minimum absolute atomic E-state index is 0.136. The van der Waals surface area contributed by atoms with Gasteiger partial charge in [-0.25, -0.2) is 0 Å². The Kier molecular flexibility index (Phi) is 4.99. The van der Waals surface area contributed by atoms with E-state index in [4.69, 9.17) is 0 Å². The number of carbonyl (C=O) groups is 2. The first kappa shape index (κ1) is 13.3. The average Bonchev–Trinajstić information content (AvgIpc) is 3.19. The maximum absolute atomic E-state index is 11.4. The van der Waals surface area contributed by atoms with Gasteiger partial charge in [0.25, 0.3) is 0 Å². The van der Waals surface area contributed by atoms with Crippen molar-refractivity contribution >= 4 is 11.8 Å². The lowest BCUT2D eigenvalue weighted by atomic mass is 10.3. The molecule has 18 heavy (non-hydrogen) atoms. The number of hydrogen-bond donors (Lipinski definition) is 3. The molecule has 0 aromatic rings. The predicted octanol–water partition coefficient (Wildman–Crippen LogP) is 0.304. The molecule has 5 nitrogen and oxygen atoms in total. The van der Waals surface area contributed by atoms with Gasteiger partial charge in [0.1, 0.15) is 0 Å². The Hall–Kier alpha value is -1.10. The molecule has 0 bridgehead atoms. The SMILES string of the molecule is O=C(CCCNCCC(=O)NC1CC1)NC1CC1. The summed E-state index contributed by atoms with van der Waals surface area (Å²) < 4.78 is 0. The molecular weight excluding hydrogens is 230 g/mol. The van der Waals surface area contributed by atoms with Crippen molar-refractivity contribution in [1.82, 2.24) is 16.0 Å². The van der Waals surface area contributed by atoms with Gasteiger partial charge >= 0.3 is 0 Å². The summed E-state index contributed by atoms with van der Waals surface area (Å²) in [6.07, 6.45) is 6.50. The molecule has 2 rings (SSSR count). The van der Waals surface area contributed by atoms with Gasteiger partial charge in [0.15, 0.2) is 0 Å². The van der Waals surface area contributed by atoms with Gasteiger partial charge in [-0.3, -0.25) is 9.59 Å². The summed E-state index contributed by atoms with van der Waals surface area (Å²) in [5.74, 6) is 0.294. The highest BCUT2D eigenvalue weighted by atomic mass is 16.2. The zero-order chi connectivity index (χ0) is 12.8. The molecule has 2 amide bonds. The monoisotopic (exact) mass is 253 g/mol. The third kappa shape index (κ3) is 6.00. The third-order valence-electron chi connectivity index (χ3n) is 3.17. The molecule has 2 saturated carbocycles. The Bertz CT molecular complexity index is 269. The largest absolute Gasteiger partial charge is 0.353 e. The van der Waals surface area contributed by atoms with E-state index in [0.29, 0.717) is 31.5 Å². The van der Waals surface area contributed by atoms with Gasteiger partial charge in [0.05, 0.1) is 0 Å². The second kappa shape index (κ2) is 6.73. The summed E-state index contributed by atoms with van der Waals surface area (Å²) >= 11 is 0. The van der Waals surface area contributed by atoms with Crippen LogP contribution in [0.3, 0.4) is 0 Å². The summed E-state index contributed by atoms with van der Waals surface area (Å²) in [7, 11) is 0. The quantitative estimate of drug-likeness (QED) is 0.518. The first-order valence-corrected chi connectivity index (χ1v) is 7.03. The van der Waals surface area contributed by atoms with Gasteiger partial charge in [-0.1, -0.05) is 0 Å². The summed E-state index contributed by atoms with van der Waals surface area (Å²) in [5, 5.41) is 9.10. The van der Waals surface area contributed by atoms with Crippen LogP contribution in [0.2, 0.25) is 0 Å². The first-order valence-electron chi connectivity index (χ1n) is 7.03. The Balaban J connectivity index is 1.36. The Morgan fingerprint density at radius 1 is 0.833 bits per heavy atom. The standard InChI is InChI=1S/C13H23N3O2/c17-12(15-10-3-4-10)2-1-8-14-9-7-13(18)16-11-5-6-11/h10-11,14H,1-9H2,(H,15,17)(H,16,18). The lowest BCUT2D eigenvalue weighted by Crippen LogP contribution is -2.30. The van der Waals surface area contributed by atoms with Crippen LogP contribution in [0.15, 0.2) is 0 Å². The average molecular weight is 253 g/mol. The van der Waals surface area contributed by atoms with Crippen molar-refractivity contribution in [3.05, 3.63) is 0 Å². The number of nitrogens with one attached hydrogen (secondary N) is 3. The molecule has 2 aliphatic carbocycles. The molecule has 0 aromatic carbocycles. The molecule has 5 heteroatoms. The van der Waals surface area contributed by atoms with E-state index >= 15 is 0 Å². The van der Waals surface area contributed by atoms with E-state index in [1.54, 1.807) is 0 Å². The van der Waals surface area contributed by atoms with Crippen LogP contribution < -0.4 is 16.0 Å². The first-order chi connectivity index (χ1) is 8.74. The van der Waals surface area contributed by atoms with Crippen LogP contribution in [0.4, 0.5) is 0 Å². The van der Waals surface area contributed by atoms with E-state index in [1.807, 2.05) is 0 Å². The third-order valence-corrected chi connectivity index (χ3v) is 3.17. The highest BCUT2D eigenvalue weighted by Crippen LogP contribution is 2.19. The molecule has 0 unspecified atom stereocenters. The number of hydrogen-bond acceptors (Lipinski definition) is 3. The Morgan fingerprint density at radius 3 is 1.94 bits per heavy atom. The normalized spacial score (nSPS) is 18.4. The topological polar surface area (TPSA) is 70.2 Å². The van der Waals surface area contributed by atoms with E-state index in [-0.39, 0.29) is 11.8 Å². The van der Waals surface area contributed by atoms with Crippen molar-refractivity contribution in [3.63, 3.8) is 0 Å². The van der Waals surface area contributed by atoms with Crippen LogP contribution in [0.1, 0.15) is 44.9 Å². The molecule has 2 fully saturated rings. The van der Waals surface area contributed by atoms with Crippen LogP contribution in [0, 0.1) is 0 Å². The molecule has 0 radical (unpaired) electrons. The molecular formula is C13H23N3O2.